The number of fused-ring (bicyclic) bond motifs is 1. The van der Waals surface area contributed by atoms with Crippen molar-refractivity contribution in [3.63, 3.8) is 0 Å². The first-order valence-electron chi connectivity index (χ1n) is 10.9. The van der Waals surface area contributed by atoms with Gasteiger partial charge in [-0.05, 0) is 48.0 Å². The van der Waals surface area contributed by atoms with Gasteiger partial charge in [0.2, 0.25) is 0 Å². The Balaban J connectivity index is 1.47. The number of esters is 1. The molecule has 4 aromatic carbocycles. The fourth-order valence-corrected chi connectivity index (χ4v) is 3.36. The third-order valence-electron chi connectivity index (χ3n) is 5.22. The molecule has 4 rings (SSSR count). The minimum absolute atomic E-state index is 0.0784. The van der Waals surface area contributed by atoms with Gasteiger partial charge in [-0.2, -0.15) is 5.10 Å². The highest BCUT2D eigenvalue weighted by Gasteiger charge is 2.14. The monoisotopic (exact) mass is 483 g/mol. The lowest BCUT2D eigenvalue weighted by atomic mass is 10.0. The summed E-state index contributed by atoms with van der Waals surface area (Å²) >= 11 is 0. The topological polar surface area (TPSA) is 120 Å². The summed E-state index contributed by atoms with van der Waals surface area (Å²) in [5.74, 6) is -0.456. The van der Waals surface area contributed by atoms with E-state index in [1.54, 1.807) is 18.2 Å². The number of non-ortho nitro benzene ring substituents is 1. The zero-order chi connectivity index (χ0) is 25.5. The van der Waals surface area contributed by atoms with Crippen molar-refractivity contribution in [3.8, 4) is 11.5 Å². The van der Waals surface area contributed by atoms with Crippen LogP contribution in [0.3, 0.4) is 0 Å². The van der Waals surface area contributed by atoms with Crippen LogP contribution in [-0.4, -0.2) is 29.6 Å². The Kier molecular flexibility index (Phi) is 7.30. The van der Waals surface area contributed by atoms with E-state index in [0.29, 0.717) is 22.6 Å². The Morgan fingerprint density at radius 1 is 0.972 bits per heavy atom. The number of aryl methyl sites for hydroxylation is 1. The number of hydrogen-bond acceptors (Lipinski definition) is 7. The van der Waals surface area contributed by atoms with Crippen molar-refractivity contribution in [2.75, 3.05) is 6.61 Å². The number of benzene rings is 4. The van der Waals surface area contributed by atoms with Crippen molar-refractivity contribution < 1.29 is 24.0 Å². The standard InChI is InChI=1S/C27H21N3O6/c1-18-6-8-20(9-7-18)27(32)36-25-15-10-19-4-2-3-5-23(19)24(25)16-28-29-26(31)17-35-22-13-11-21(12-14-22)30(33)34/h2-16H,17H2,1H3,(H,29,31)/b28-16-. The van der Waals surface area contributed by atoms with Gasteiger partial charge in [0.1, 0.15) is 11.5 Å². The van der Waals surface area contributed by atoms with Gasteiger partial charge >= 0.3 is 5.97 Å². The molecule has 4 aromatic rings. The number of rotatable bonds is 8. The predicted octanol–water partition coefficient (Wildman–Crippen LogP) is 4.80. The van der Waals surface area contributed by atoms with Gasteiger partial charge in [0.05, 0.1) is 16.7 Å². The number of carbonyl (C=O) groups is 2. The van der Waals surface area contributed by atoms with Gasteiger partial charge in [0.25, 0.3) is 11.6 Å². The Morgan fingerprint density at radius 3 is 2.42 bits per heavy atom. The molecule has 0 radical (unpaired) electrons. The van der Waals surface area contributed by atoms with Crippen LogP contribution in [-0.2, 0) is 4.79 Å². The van der Waals surface area contributed by atoms with E-state index in [4.69, 9.17) is 9.47 Å². The molecular formula is C27H21N3O6. The van der Waals surface area contributed by atoms with Crippen LogP contribution in [0.1, 0.15) is 21.5 Å². The summed E-state index contributed by atoms with van der Waals surface area (Å²) in [4.78, 5) is 35.1. The summed E-state index contributed by atoms with van der Waals surface area (Å²) in [6.07, 6.45) is 1.41. The summed E-state index contributed by atoms with van der Waals surface area (Å²) in [7, 11) is 0. The molecule has 9 nitrogen and oxygen atoms in total. The number of nitrogens with zero attached hydrogens (tertiary/aromatic N) is 2. The molecular weight excluding hydrogens is 462 g/mol. The average Bonchev–Trinajstić information content (AvgIpc) is 2.89. The van der Waals surface area contributed by atoms with Gasteiger partial charge in [-0.3, -0.25) is 14.9 Å². The number of nitro benzene ring substituents is 1. The van der Waals surface area contributed by atoms with E-state index >= 15 is 0 Å². The van der Waals surface area contributed by atoms with Gasteiger partial charge < -0.3 is 9.47 Å². The van der Waals surface area contributed by atoms with E-state index in [0.717, 1.165) is 16.3 Å². The SMILES string of the molecule is Cc1ccc(C(=O)Oc2ccc3ccccc3c2/C=N\NC(=O)COc2ccc([N+](=O)[O-])cc2)cc1. The zero-order valence-electron chi connectivity index (χ0n) is 19.2. The Hall–Kier alpha value is -5.05. The van der Waals surface area contributed by atoms with E-state index in [-0.39, 0.29) is 12.3 Å². The minimum Gasteiger partial charge on any atom is -0.484 e. The van der Waals surface area contributed by atoms with E-state index in [1.807, 2.05) is 49.4 Å². The van der Waals surface area contributed by atoms with Crippen LogP contribution in [0.2, 0.25) is 0 Å². The number of ether oxygens (including phenoxy) is 2. The lowest BCUT2D eigenvalue weighted by Gasteiger charge is -2.11. The van der Waals surface area contributed by atoms with Crippen molar-refractivity contribution in [1.82, 2.24) is 5.43 Å². The molecule has 0 aliphatic rings. The maximum absolute atomic E-state index is 12.7. The molecule has 0 heterocycles. The van der Waals surface area contributed by atoms with Crippen LogP contribution in [0.4, 0.5) is 5.69 Å². The number of nitrogens with one attached hydrogen (secondary N) is 1. The fourth-order valence-electron chi connectivity index (χ4n) is 3.36. The normalized spacial score (nSPS) is 10.8. The molecule has 1 amide bonds. The number of carbonyl (C=O) groups excluding carboxylic acids is 2. The number of hydrazone groups is 1. The van der Waals surface area contributed by atoms with Gasteiger partial charge in [-0.15, -0.1) is 0 Å². The smallest absolute Gasteiger partial charge is 0.343 e. The first kappa shape index (κ1) is 24.1. The molecule has 9 heteroatoms. The Morgan fingerprint density at radius 2 is 1.69 bits per heavy atom. The van der Waals surface area contributed by atoms with Crippen molar-refractivity contribution in [2.45, 2.75) is 6.92 Å². The van der Waals surface area contributed by atoms with Gasteiger partial charge in [0, 0.05) is 17.7 Å². The second kappa shape index (κ2) is 10.9. The molecule has 0 saturated heterocycles. The maximum atomic E-state index is 12.7. The number of amides is 1. The molecule has 0 fully saturated rings. The van der Waals surface area contributed by atoms with Crippen molar-refractivity contribution in [3.05, 3.63) is 112 Å². The van der Waals surface area contributed by atoms with Gasteiger partial charge in [0.15, 0.2) is 6.61 Å². The van der Waals surface area contributed by atoms with Crippen LogP contribution in [0.5, 0.6) is 11.5 Å². The third kappa shape index (κ3) is 5.89. The Bertz CT molecular complexity index is 1450. The van der Waals surface area contributed by atoms with Crippen LogP contribution in [0.25, 0.3) is 10.8 Å². The molecule has 1 N–H and O–H groups in total. The van der Waals surface area contributed by atoms with E-state index in [2.05, 4.69) is 10.5 Å². The first-order chi connectivity index (χ1) is 17.4. The van der Waals surface area contributed by atoms with Gasteiger partial charge in [-0.1, -0.05) is 48.0 Å². The van der Waals surface area contributed by atoms with Crippen LogP contribution in [0.15, 0.2) is 90.0 Å². The molecule has 180 valence electrons. The quantitative estimate of drug-likeness (QED) is 0.126. The van der Waals surface area contributed by atoms with Crippen molar-refractivity contribution in [1.29, 1.82) is 0 Å². The molecule has 0 aromatic heterocycles. The van der Waals surface area contributed by atoms with E-state index in [1.165, 1.54) is 30.5 Å². The summed E-state index contributed by atoms with van der Waals surface area (Å²) in [5.41, 5.74) is 4.25. The van der Waals surface area contributed by atoms with Crippen molar-refractivity contribution >= 4 is 34.6 Å². The number of hydrogen-bond donors (Lipinski definition) is 1. The molecule has 0 atom stereocenters. The summed E-state index contributed by atoms with van der Waals surface area (Å²) in [6, 6.07) is 23.4. The Labute approximate surface area is 206 Å². The second-order valence-electron chi connectivity index (χ2n) is 7.79. The fraction of sp³-hybridized carbons (Fsp3) is 0.0741. The highest BCUT2D eigenvalue weighted by atomic mass is 16.6. The molecule has 0 saturated carbocycles. The molecule has 0 bridgehead atoms. The van der Waals surface area contributed by atoms with Gasteiger partial charge in [-0.25, -0.2) is 10.2 Å². The van der Waals surface area contributed by atoms with Crippen LogP contribution in [0, 0.1) is 17.0 Å². The highest BCUT2D eigenvalue weighted by Crippen LogP contribution is 2.27. The predicted molar refractivity (Wildman–Crippen MR) is 134 cm³/mol. The minimum atomic E-state index is -0.539. The van der Waals surface area contributed by atoms with Crippen LogP contribution >= 0.6 is 0 Å². The molecule has 0 spiro atoms. The highest BCUT2D eigenvalue weighted by molar-refractivity contribution is 6.04. The van der Waals surface area contributed by atoms with E-state index < -0.39 is 16.8 Å². The van der Waals surface area contributed by atoms with Crippen molar-refractivity contribution in [2.24, 2.45) is 5.10 Å². The lowest BCUT2D eigenvalue weighted by Crippen LogP contribution is -2.24. The molecule has 0 unspecified atom stereocenters. The molecule has 0 aliphatic heterocycles. The summed E-state index contributed by atoms with van der Waals surface area (Å²) in [5, 5.41) is 16.4. The molecule has 0 aliphatic carbocycles. The zero-order valence-corrected chi connectivity index (χ0v) is 19.2. The average molecular weight is 483 g/mol. The maximum Gasteiger partial charge on any atom is 0.343 e. The summed E-state index contributed by atoms with van der Waals surface area (Å²) in [6.45, 7) is 1.58. The third-order valence-corrected chi connectivity index (χ3v) is 5.22. The second-order valence-corrected chi connectivity index (χ2v) is 7.79. The molecule has 36 heavy (non-hydrogen) atoms. The lowest BCUT2D eigenvalue weighted by molar-refractivity contribution is -0.384. The van der Waals surface area contributed by atoms with E-state index in [9.17, 15) is 19.7 Å². The van der Waals surface area contributed by atoms with Crippen LogP contribution < -0.4 is 14.9 Å². The summed E-state index contributed by atoms with van der Waals surface area (Å²) < 4.78 is 11.0. The number of nitro groups is 1. The largest absolute Gasteiger partial charge is 0.484 e. The first-order valence-corrected chi connectivity index (χ1v) is 10.9.